The van der Waals surface area contributed by atoms with Crippen LogP contribution in [0, 0.1) is 0 Å². The Bertz CT molecular complexity index is 390. The Balaban J connectivity index is 1.55. The second-order valence-corrected chi connectivity index (χ2v) is 6.28. The Morgan fingerprint density at radius 1 is 0.947 bits per heavy atom. The molecule has 1 N–H and O–H groups in total. The fourth-order valence-electron chi connectivity index (χ4n) is 3.50. The highest BCUT2D eigenvalue weighted by Crippen LogP contribution is 2.30. The summed E-state index contributed by atoms with van der Waals surface area (Å²) in [5.41, 5.74) is 1.47. The molecule has 3 rings (SSSR count). The number of halogens is 1. The molecule has 2 aliphatic heterocycles. The van der Waals surface area contributed by atoms with E-state index >= 15 is 0 Å². The number of nitrogens with one attached hydrogen (secondary N) is 1. The minimum atomic E-state index is 0.732. The maximum atomic E-state index is 5.96. The molecule has 2 aliphatic rings. The summed E-state index contributed by atoms with van der Waals surface area (Å²) >= 11 is 5.96. The topological polar surface area (TPSA) is 15.3 Å². The normalized spacial score (nSPS) is 23.6. The molecule has 0 bridgehead atoms. The second-order valence-electron chi connectivity index (χ2n) is 5.84. The van der Waals surface area contributed by atoms with Gasteiger partial charge >= 0.3 is 0 Å². The highest BCUT2D eigenvalue weighted by molar-refractivity contribution is 6.30. The fourth-order valence-corrected chi connectivity index (χ4v) is 3.63. The van der Waals surface area contributed by atoms with Crippen LogP contribution in [-0.4, -0.2) is 37.1 Å². The molecule has 0 amide bonds. The summed E-state index contributed by atoms with van der Waals surface area (Å²) in [6.07, 6.45) is 5.24. The van der Waals surface area contributed by atoms with Crippen molar-refractivity contribution in [2.24, 2.45) is 0 Å². The Morgan fingerprint density at radius 2 is 1.58 bits per heavy atom. The Kier molecular flexibility index (Phi) is 4.42. The molecule has 3 heteroatoms. The summed E-state index contributed by atoms with van der Waals surface area (Å²) in [5.74, 6) is 0.732. The third-order valence-electron chi connectivity index (χ3n) is 4.70. The molecular formula is C16H23ClN2. The van der Waals surface area contributed by atoms with Crippen molar-refractivity contribution >= 4 is 11.6 Å². The molecule has 1 aromatic rings. The van der Waals surface area contributed by atoms with E-state index in [2.05, 4.69) is 22.3 Å². The highest BCUT2D eigenvalue weighted by atomic mass is 35.5. The third-order valence-corrected chi connectivity index (χ3v) is 4.95. The van der Waals surface area contributed by atoms with E-state index in [0.717, 1.165) is 17.0 Å². The molecule has 2 nitrogen and oxygen atoms in total. The molecule has 2 fully saturated rings. The second kappa shape index (κ2) is 6.25. The summed E-state index contributed by atoms with van der Waals surface area (Å²) in [6, 6.07) is 9.28. The van der Waals surface area contributed by atoms with Crippen LogP contribution in [0.25, 0.3) is 0 Å². The lowest BCUT2D eigenvalue weighted by Crippen LogP contribution is -2.46. The molecule has 0 aliphatic carbocycles. The average molecular weight is 279 g/mol. The molecule has 104 valence electrons. The SMILES string of the molecule is Clc1ccc(C2CCN(C3CCNCC3)CC2)cc1. The van der Waals surface area contributed by atoms with Gasteiger partial charge in [-0.3, -0.25) is 0 Å². The Morgan fingerprint density at radius 3 is 2.21 bits per heavy atom. The van der Waals surface area contributed by atoms with Crippen LogP contribution in [0.2, 0.25) is 5.02 Å². The first-order chi connectivity index (χ1) is 9.33. The van der Waals surface area contributed by atoms with E-state index in [-0.39, 0.29) is 0 Å². The van der Waals surface area contributed by atoms with Gasteiger partial charge in [0.1, 0.15) is 0 Å². The maximum Gasteiger partial charge on any atom is 0.0406 e. The molecule has 19 heavy (non-hydrogen) atoms. The Hall–Kier alpha value is -0.570. The van der Waals surface area contributed by atoms with E-state index in [1.54, 1.807) is 0 Å². The van der Waals surface area contributed by atoms with Gasteiger partial charge in [0.15, 0.2) is 0 Å². The first kappa shape index (κ1) is 13.4. The Labute approximate surface area is 121 Å². The summed E-state index contributed by atoms with van der Waals surface area (Å²) < 4.78 is 0. The van der Waals surface area contributed by atoms with Crippen LogP contribution in [0.1, 0.15) is 37.2 Å². The van der Waals surface area contributed by atoms with E-state index < -0.39 is 0 Å². The van der Waals surface area contributed by atoms with Crippen LogP contribution >= 0.6 is 11.6 Å². The first-order valence-corrected chi connectivity index (χ1v) is 7.91. The molecule has 0 radical (unpaired) electrons. The van der Waals surface area contributed by atoms with Crippen molar-refractivity contribution in [3.05, 3.63) is 34.9 Å². The van der Waals surface area contributed by atoms with Gasteiger partial charge in [0.2, 0.25) is 0 Å². The van der Waals surface area contributed by atoms with Crippen LogP contribution in [-0.2, 0) is 0 Å². The van der Waals surface area contributed by atoms with Gasteiger partial charge in [-0.25, -0.2) is 0 Å². The van der Waals surface area contributed by atoms with Crippen molar-refractivity contribution in [3.63, 3.8) is 0 Å². The van der Waals surface area contributed by atoms with Crippen LogP contribution in [0.5, 0.6) is 0 Å². The van der Waals surface area contributed by atoms with Crippen LogP contribution < -0.4 is 5.32 Å². The molecule has 0 saturated carbocycles. The molecule has 2 heterocycles. The monoisotopic (exact) mass is 278 g/mol. The quantitative estimate of drug-likeness (QED) is 0.893. The smallest absolute Gasteiger partial charge is 0.0406 e. The predicted octanol–water partition coefficient (Wildman–Crippen LogP) is 3.27. The highest BCUT2D eigenvalue weighted by Gasteiger charge is 2.26. The molecule has 0 spiro atoms. The summed E-state index contributed by atoms with van der Waals surface area (Å²) in [7, 11) is 0. The van der Waals surface area contributed by atoms with Gasteiger partial charge in [-0.05, 0) is 75.5 Å². The molecule has 0 atom stereocenters. The van der Waals surface area contributed by atoms with Crippen molar-refractivity contribution in [3.8, 4) is 0 Å². The number of likely N-dealkylation sites (tertiary alicyclic amines) is 1. The van der Waals surface area contributed by atoms with Crippen molar-refractivity contribution < 1.29 is 0 Å². The van der Waals surface area contributed by atoms with Crippen LogP contribution in [0.4, 0.5) is 0 Å². The van der Waals surface area contributed by atoms with E-state index in [9.17, 15) is 0 Å². The fraction of sp³-hybridized carbons (Fsp3) is 0.625. The third kappa shape index (κ3) is 3.31. The van der Waals surface area contributed by atoms with Gasteiger partial charge < -0.3 is 10.2 Å². The van der Waals surface area contributed by atoms with Gasteiger partial charge in [-0.2, -0.15) is 0 Å². The van der Waals surface area contributed by atoms with Gasteiger partial charge in [-0.1, -0.05) is 23.7 Å². The van der Waals surface area contributed by atoms with Crippen molar-refractivity contribution in [1.82, 2.24) is 10.2 Å². The van der Waals surface area contributed by atoms with Gasteiger partial charge in [0.25, 0.3) is 0 Å². The van der Waals surface area contributed by atoms with Crippen molar-refractivity contribution in [1.29, 1.82) is 0 Å². The first-order valence-electron chi connectivity index (χ1n) is 7.53. The molecule has 1 aromatic carbocycles. The van der Waals surface area contributed by atoms with Crippen LogP contribution in [0.3, 0.4) is 0 Å². The minimum Gasteiger partial charge on any atom is -0.317 e. The number of hydrogen-bond donors (Lipinski definition) is 1. The molecule has 0 unspecified atom stereocenters. The minimum absolute atomic E-state index is 0.732. The van der Waals surface area contributed by atoms with Crippen molar-refractivity contribution in [2.75, 3.05) is 26.2 Å². The number of rotatable bonds is 2. The zero-order valence-corrected chi connectivity index (χ0v) is 12.2. The standard InChI is InChI=1S/C16H23ClN2/c17-15-3-1-13(2-4-15)14-7-11-19(12-8-14)16-5-9-18-10-6-16/h1-4,14,16,18H,5-12H2. The molecule has 2 saturated heterocycles. The average Bonchev–Trinajstić information content (AvgIpc) is 2.49. The van der Waals surface area contributed by atoms with E-state index in [0.29, 0.717) is 0 Å². The zero-order chi connectivity index (χ0) is 13.1. The number of piperidine rings is 2. The summed E-state index contributed by atoms with van der Waals surface area (Å²) in [4.78, 5) is 2.72. The van der Waals surface area contributed by atoms with Gasteiger partial charge in [0, 0.05) is 11.1 Å². The van der Waals surface area contributed by atoms with Gasteiger partial charge in [0.05, 0.1) is 0 Å². The number of hydrogen-bond acceptors (Lipinski definition) is 2. The van der Waals surface area contributed by atoms with Crippen molar-refractivity contribution in [2.45, 2.75) is 37.6 Å². The van der Waals surface area contributed by atoms with E-state index in [4.69, 9.17) is 11.6 Å². The van der Waals surface area contributed by atoms with Crippen LogP contribution in [0.15, 0.2) is 24.3 Å². The van der Waals surface area contributed by atoms with E-state index in [1.165, 1.54) is 57.4 Å². The zero-order valence-electron chi connectivity index (χ0n) is 11.4. The summed E-state index contributed by atoms with van der Waals surface area (Å²) in [5, 5.41) is 4.30. The number of benzene rings is 1. The lowest BCUT2D eigenvalue weighted by Gasteiger charge is -2.39. The van der Waals surface area contributed by atoms with Gasteiger partial charge in [-0.15, -0.1) is 0 Å². The summed E-state index contributed by atoms with van der Waals surface area (Å²) in [6.45, 7) is 4.92. The molecular weight excluding hydrogens is 256 g/mol. The van der Waals surface area contributed by atoms with E-state index in [1.807, 2.05) is 12.1 Å². The largest absolute Gasteiger partial charge is 0.317 e. The predicted molar refractivity (Wildman–Crippen MR) is 80.9 cm³/mol. The maximum absolute atomic E-state index is 5.96. The molecule has 0 aromatic heterocycles. The number of nitrogens with zero attached hydrogens (tertiary/aromatic N) is 1. The lowest BCUT2D eigenvalue weighted by atomic mass is 9.88. The lowest BCUT2D eigenvalue weighted by molar-refractivity contribution is 0.127.